The van der Waals surface area contributed by atoms with Gasteiger partial charge in [-0.05, 0) is 43.3 Å². The predicted molar refractivity (Wildman–Crippen MR) is 113 cm³/mol. The predicted octanol–water partition coefficient (Wildman–Crippen LogP) is 3.56. The monoisotopic (exact) mass is 422 g/mol. The van der Waals surface area contributed by atoms with E-state index in [4.69, 9.17) is 16.3 Å². The second kappa shape index (κ2) is 8.38. The highest BCUT2D eigenvalue weighted by Gasteiger charge is 2.21. The second-order valence-electron chi connectivity index (χ2n) is 6.52. The number of benzene rings is 2. The van der Waals surface area contributed by atoms with Gasteiger partial charge in [0.1, 0.15) is 16.7 Å². The van der Waals surface area contributed by atoms with E-state index in [-0.39, 0.29) is 17.6 Å². The van der Waals surface area contributed by atoms with Gasteiger partial charge in [0.2, 0.25) is 0 Å². The molecule has 1 amide bonds. The first-order valence-electron chi connectivity index (χ1n) is 9.21. The first-order chi connectivity index (χ1) is 14.6. The summed E-state index contributed by atoms with van der Waals surface area (Å²) in [6.45, 7) is 1.92. The van der Waals surface area contributed by atoms with Crippen LogP contribution in [0.3, 0.4) is 0 Å². The van der Waals surface area contributed by atoms with Crippen LogP contribution < -0.4 is 10.1 Å². The Bertz CT molecular complexity index is 1170. The van der Waals surface area contributed by atoms with Crippen LogP contribution in [-0.2, 0) is 6.54 Å². The number of methoxy groups -OCH3 is 1. The number of aromatic amines is 1. The quantitative estimate of drug-likeness (QED) is 0.495. The van der Waals surface area contributed by atoms with E-state index < -0.39 is 0 Å². The van der Waals surface area contributed by atoms with Crippen molar-refractivity contribution in [1.82, 2.24) is 30.3 Å². The Morgan fingerprint density at radius 1 is 1.17 bits per heavy atom. The smallest absolute Gasteiger partial charge is 0.256 e. The third-order valence-electron chi connectivity index (χ3n) is 4.53. The van der Waals surface area contributed by atoms with E-state index in [9.17, 15) is 4.79 Å². The van der Waals surface area contributed by atoms with Crippen molar-refractivity contribution < 1.29 is 9.53 Å². The third kappa shape index (κ3) is 3.90. The van der Waals surface area contributed by atoms with Gasteiger partial charge in [-0.25, -0.2) is 9.67 Å². The molecule has 0 aliphatic heterocycles. The van der Waals surface area contributed by atoms with Crippen molar-refractivity contribution in [1.29, 1.82) is 0 Å². The van der Waals surface area contributed by atoms with Gasteiger partial charge in [-0.3, -0.25) is 9.89 Å². The standard InChI is InChI=1S/C21H19ClN6O2/c1-13-18(19(22)28(27-13)15-6-4-3-5-7-15)21(29)23-12-17-24-20(26-25-17)14-8-10-16(30-2)11-9-14/h3-11H,12H2,1-2H3,(H,23,29)(H,24,25,26). The topological polar surface area (TPSA) is 97.7 Å². The zero-order chi connectivity index (χ0) is 21.1. The maximum absolute atomic E-state index is 12.7. The summed E-state index contributed by atoms with van der Waals surface area (Å²) in [5, 5.41) is 14.5. The Kier molecular flexibility index (Phi) is 5.49. The molecule has 0 unspecified atom stereocenters. The van der Waals surface area contributed by atoms with Crippen molar-refractivity contribution in [3.8, 4) is 22.8 Å². The van der Waals surface area contributed by atoms with Crippen LogP contribution in [0.15, 0.2) is 54.6 Å². The largest absolute Gasteiger partial charge is 0.497 e. The number of carbonyl (C=O) groups excluding carboxylic acids is 1. The average molecular weight is 423 g/mol. The molecule has 0 fully saturated rings. The lowest BCUT2D eigenvalue weighted by Crippen LogP contribution is -2.24. The van der Waals surface area contributed by atoms with Gasteiger partial charge in [0, 0.05) is 5.56 Å². The summed E-state index contributed by atoms with van der Waals surface area (Å²) in [6.07, 6.45) is 0. The van der Waals surface area contributed by atoms with E-state index in [1.165, 1.54) is 0 Å². The van der Waals surface area contributed by atoms with Crippen molar-refractivity contribution in [2.45, 2.75) is 13.5 Å². The maximum Gasteiger partial charge on any atom is 0.256 e. The van der Waals surface area contributed by atoms with Crippen molar-refractivity contribution in [2.24, 2.45) is 0 Å². The lowest BCUT2D eigenvalue weighted by atomic mass is 10.2. The van der Waals surface area contributed by atoms with Crippen LogP contribution >= 0.6 is 11.6 Å². The van der Waals surface area contributed by atoms with Gasteiger partial charge in [-0.2, -0.15) is 10.2 Å². The second-order valence-corrected chi connectivity index (χ2v) is 6.87. The molecular formula is C21H19ClN6O2. The number of ether oxygens (including phenoxy) is 1. The number of rotatable bonds is 6. The molecule has 0 saturated carbocycles. The number of halogens is 1. The van der Waals surface area contributed by atoms with E-state index in [0.29, 0.717) is 22.9 Å². The van der Waals surface area contributed by atoms with Crippen molar-refractivity contribution in [2.75, 3.05) is 7.11 Å². The average Bonchev–Trinajstić information content (AvgIpc) is 3.37. The highest BCUT2D eigenvalue weighted by molar-refractivity contribution is 6.33. The molecular weight excluding hydrogens is 404 g/mol. The number of nitrogens with zero attached hydrogens (tertiary/aromatic N) is 4. The van der Waals surface area contributed by atoms with Gasteiger partial charge in [0.05, 0.1) is 30.6 Å². The molecule has 0 aliphatic carbocycles. The normalized spacial score (nSPS) is 10.8. The minimum Gasteiger partial charge on any atom is -0.497 e. The molecule has 152 valence electrons. The van der Waals surface area contributed by atoms with Crippen LogP contribution in [0.2, 0.25) is 5.15 Å². The van der Waals surface area contributed by atoms with Gasteiger partial charge < -0.3 is 10.1 Å². The number of H-pyrrole nitrogens is 1. The number of hydrogen-bond acceptors (Lipinski definition) is 5. The van der Waals surface area contributed by atoms with E-state index in [1.807, 2.05) is 54.6 Å². The summed E-state index contributed by atoms with van der Waals surface area (Å²) in [7, 11) is 1.61. The van der Waals surface area contributed by atoms with Gasteiger partial charge in [0.15, 0.2) is 5.82 Å². The first-order valence-corrected chi connectivity index (χ1v) is 9.59. The minimum absolute atomic E-state index is 0.175. The summed E-state index contributed by atoms with van der Waals surface area (Å²) in [5.74, 6) is 1.48. The molecule has 4 aromatic rings. The van der Waals surface area contributed by atoms with Gasteiger partial charge in [0.25, 0.3) is 5.91 Å². The van der Waals surface area contributed by atoms with Crippen LogP contribution in [0.25, 0.3) is 17.1 Å². The number of aryl methyl sites for hydroxylation is 1. The summed E-state index contributed by atoms with van der Waals surface area (Å²) < 4.78 is 6.70. The molecule has 0 saturated heterocycles. The molecule has 2 aromatic carbocycles. The van der Waals surface area contributed by atoms with E-state index >= 15 is 0 Å². The fourth-order valence-electron chi connectivity index (χ4n) is 2.99. The van der Waals surface area contributed by atoms with Crippen LogP contribution in [0.1, 0.15) is 21.9 Å². The fraction of sp³-hybridized carbons (Fsp3) is 0.143. The lowest BCUT2D eigenvalue weighted by Gasteiger charge is -2.04. The molecule has 0 bridgehead atoms. The Hall–Kier alpha value is -3.65. The number of hydrogen-bond donors (Lipinski definition) is 2. The van der Waals surface area contributed by atoms with Crippen molar-refractivity contribution >= 4 is 17.5 Å². The van der Waals surface area contributed by atoms with Crippen LogP contribution in [-0.4, -0.2) is 38.0 Å². The summed E-state index contributed by atoms with van der Waals surface area (Å²) in [5.41, 5.74) is 2.49. The van der Waals surface area contributed by atoms with E-state index in [2.05, 4.69) is 25.6 Å². The molecule has 0 atom stereocenters. The van der Waals surface area contributed by atoms with Gasteiger partial charge in [-0.15, -0.1) is 0 Å². The van der Waals surface area contributed by atoms with Gasteiger partial charge >= 0.3 is 0 Å². The number of aromatic nitrogens is 5. The van der Waals surface area contributed by atoms with E-state index in [0.717, 1.165) is 17.0 Å². The molecule has 0 radical (unpaired) electrons. The van der Waals surface area contributed by atoms with Crippen molar-refractivity contribution in [3.05, 3.63) is 76.8 Å². The van der Waals surface area contributed by atoms with Gasteiger partial charge in [-0.1, -0.05) is 29.8 Å². The Labute approximate surface area is 177 Å². The third-order valence-corrected chi connectivity index (χ3v) is 4.88. The Morgan fingerprint density at radius 2 is 1.90 bits per heavy atom. The number of para-hydroxylation sites is 1. The highest BCUT2D eigenvalue weighted by Crippen LogP contribution is 2.23. The Balaban J connectivity index is 1.47. The number of amides is 1. The maximum atomic E-state index is 12.7. The van der Waals surface area contributed by atoms with Crippen LogP contribution in [0.5, 0.6) is 5.75 Å². The number of nitrogens with one attached hydrogen (secondary N) is 2. The lowest BCUT2D eigenvalue weighted by molar-refractivity contribution is 0.0949. The number of carbonyl (C=O) groups is 1. The van der Waals surface area contributed by atoms with Crippen LogP contribution in [0, 0.1) is 6.92 Å². The molecule has 2 heterocycles. The molecule has 9 heteroatoms. The molecule has 2 N–H and O–H groups in total. The zero-order valence-electron chi connectivity index (χ0n) is 16.4. The fourth-order valence-corrected chi connectivity index (χ4v) is 3.35. The minimum atomic E-state index is -0.331. The zero-order valence-corrected chi connectivity index (χ0v) is 17.1. The summed E-state index contributed by atoms with van der Waals surface area (Å²) >= 11 is 6.44. The SMILES string of the molecule is COc1ccc(-c2n[nH]c(CNC(=O)c3c(C)nn(-c4ccccc4)c3Cl)n2)cc1. The molecule has 2 aromatic heterocycles. The molecule has 0 aliphatic rings. The Morgan fingerprint density at radius 3 is 2.60 bits per heavy atom. The molecule has 8 nitrogen and oxygen atoms in total. The van der Waals surface area contributed by atoms with Crippen LogP contribution in [0.4, 0.5) is 0 Å². The molecule has 4 rings (SSSR count). The first kappa shape index (κ1) is 19.7. The molecule has 0 spiro atoms. The summed E-state index contributed by atoms with van der Waals surface area (Å²) in [6, 6.07) is 16.8. The highest BCUT2D eigenvalue weighted by atomic mass is 35.5. The summed E-state index contributed by atoms with van der Waals surface area (Å²) in [4.78, 5) is 17.2. The van der Waals surface area contributed by atoms with E-state index in [1.54, 1.807) is 18.7 Å². The van der Waals surface area contributed by atoms with Crippen molar-refractivity contribution in [3.63, 3.8) is 0 Å². The molecule has 30 heavy (non-hydrogen) atoms.